The smallest absolute Gasteiger partial charge is 0.260 e. The summed E-state index contributed by atoms with van der Waals surface area (Å²) in [4.78, 5) is 26.8. The highest BCUT2D eigenvalue weighted by Gasteiger charge is 2.18. The number of anilines is 1. The number of hydrogen-bond donors (Lipinski definition) is 1. The van der Waals surface area contributed by atoms with Crippen molar-refractivity contribution in [2.24, 2.45) is 0 Å². The highest BCUT2D eigenvalue weighted by Crippen LogP contribution is 2.20. The fourth-order valence-electron chi connectivity index (χ4n) is 3.05. The summed E-state index contributed by atoms with van der Waals surface area (Å²) in [6.45, 7) is 1.53. The van der Waals surface area contributed by atoms with Gasteiger partial charge in [-0.15, -0.1) is 0 Å². The Hall–Kier alpha value is -2.82. The van der Waals surface area contributed by atoms with Crippen LogP contribution in [0.5, 0.6) is 5.75 Å². The van der Waals surface area contributed by atoms with Gasteiger partial charge in [0.2, 0.25) is 0 Å². The van der Waals surface area contributed by atoms with Crippen molar-refractivity contribution in [3.05, 3.63) is 60.2 Å². The molecule has 0 unspecified atom stereocenters. The topological polar surface area (TPSA) is 58.6 Å². The number of likely N-dealkylation sites (tertiary alicyclic amines) is 1. The molecule has 0 aliphatic carbocycles. The Morgan fingerprint density at radius 2 is 1.54 bits per heavy atom. The van der Waals surface area contributed by atoms with E-state index < -0.39 is 0 Å². The number of rotatable bonds is 5. The minimum Gasteiger partial charge on any atom is -0.483 e. The summed E-state index contributed by atoms with van der Waals surface area (Å²) in [5, 5.41) is 2.84. The lowest BCUT2D eigenvalue weighted by Crippen LogP contribution is -2.35. The second-order valence-electron chi connectivity index (χ2n) is 6.40. The standard InChI is InChI=1S/C21H24N2O3/c24-20(23-14-8-1-2-9-15-23)16-26-19-13-7-6-12-18(19)21(25)22-17-10-4-3-5-11-17/h3-7,10-13H,1-2,8-9,14-16H2,(H,22,25). The average Bonchev–Trinajstić information content (AvgIpc) is 2.97. The monoisotopic (exact) mass is 352 g/mol. The Morgan fingerprint density at radius 1 is 0.885 bits per heavy atom. The molecule has 0 spiro atoms. The van der Waals surface area contributed by atoms with Gasteiger partial charge in [0.1, 0.15) is 5.75 Å². The molecule has 2 amide bonds. The molecule has 1 N–H and O–H groups in total. The van der Waals surface area contributed by atoms with E-state index in [4.69, 9.17) is 4.74 Å². The molecule has 5 nitrogen and oxygen atoms in total. The number of carbonyl (C=O) groups excluding carboxylic acids is 2. The van der Waals surface area contributed by atoms with E-state index in [0.29, 0.717) is 17.0 Å². The van der Waals surface area contributed by atoms with Gasteiger partial charge in [0, 0.05) is 18.8 Å². The van der Waals surface area contributed by atoms with Crippen LogP contribution >= 0.6 is 0 Å². The summed E-state index contributed by atoms with van der Waals surface area (Å²) in [5.41, 5.74) is 1.13. The van der Waals surface area contributed by atoms with Crippen LogP contribution in [0.25, 0.3) is 0 Å². The van der Waals surface area contributed by atoms with Gasteiger partial charge < -0.3 is 15.0 Å². The molecule has 0 radical (unpaired) electrons. The molecule has 5 heteroatoms. The predicted octanol–water partition coefficient (Wildman–Crippen LogP) is 3.72. The van der Waals surface area contributed by atoms with Crippen LogP contribution in [-0.4, -0.2) is 36.4 Å². The Bertz CT molecular complexity index is 738. The highest BCUT2D eigenvalue weighted by molar-refractivity contribution is 6.06. The third kappa shape index (κ3) is 4.85. The van der Waals surface area contributed by atoms with E-state index in [9.17, 15) is 9.59 Å². The summed E-state index contributed by atoms with van der Waals surface area (Å²) in [7, 11) is 0. The van der Waals surface area contributed by atoms with Gasteiger partial charge in [-0.2, -0.15) is 0 Å². The summed E-state index contributed by atoms with van der Waals surface area (Å²) in [6, 6.07) is 16.2. The molecule has 26 heavy (non-hydrogen) atoms. The third-order valence-electron chi connectivity index (χ3n) is 4.47. The molecule has 0 aromatic heterocycles. The zero-order chi connectivity index (χ0) is 18.2. The van der Waals surface area contributed by atoms with Gasteiger partial charge in [-0.3, -0.25) is 9.59 Å². The predicted molar refractivity (Wildman–Crippen MR) is 101 cm³/mol. The fraction of sp³-hybridized carbons (Fsp3) is 0.333. The van der Waals surface area contributed by atoms with Crippen molar-refractivity contribution in [2.75, 3.05) is 25.0 Å². The Balaban J connectivity index is 1.63. The number of nitrogens with one attached hydrogen (secondary N) is 1. The Morgan fingerprint density at radius 3 is 2.27 bits per heavy atom. The van der Waals surface area contributed by atoms with Crippen LogP contribution in [0.15, 0.2) is 54.6 Å². The molecule has 1 aliphatic rings. The molecule has 136 valence electrons. The molecule has 1 heterocycles. The first-order valence-corrected chi connectivity index (χ1v) is 9.10. The molecular formula is C21H24N2O3. The number of amides is 2. The quantitative estimate of drug-likeness (QED) is 0.892. The molecule has 0 saturated carbocycles. The number of nitrogens with zero attached hydrogens (tertiary/aromatic N) is 1. The van der Waals surface area contributed by atoms with E-state index in [-0.39, 0.29) is 18.4 Å². The van der Waals surface area contributed by atoms with Crippen LogP contribution in [-0.2, 0) is 4.79 Å². The average molecular weight is 352 g/mol. The first-order chi connectivity index (χ1) is 12.7. The lowest BCUT2D eigenvalue weighted by Gasteiger charge is -2.20. The van der Waals surface area contributed by atoms with Gasteiger partial charge in [-0.25, -0.2) is 0 Å². The van der Waals surface area contributed by atoms with Crippen molar-refractivity contribution in [2.45, 2.75) is 25.7 Å². The van der Waals surface area contributed by atoms with Gasteiger partial charge in [0.15, 0.2) is 6.61 Å². The van der Waals surface area contributed by atoms with Crippen molar-refractivity contribution in [3.63, 3.8) is 0 Å². The van der Waals surface area contributed by atoms with Gasteiger partial charge in [-0.1, -0.05) is 43.2 Å². The number of benzene rings is 2. The molecule has 1 aliphatic heterocycles. The van der Waals surface area contributed by atoms with E-state index in [1.165, 1.54) is 12.8 Å². The summed E-state index contributed by atoms with van der Waals surface area (Å²) < 4.78 is 5.70. The van der Waals surface area contributed by atoms with Crippen LogP contribution in [0.3, 0.4) is 0 Å². The van der Waals surface area contributed by atoms with Crippen LogP contribution in [0.4, 0.5) is 5.69 Å². The minimum absolute atomic E-state index is 0.0230. The van der Waals surface area contributed by atoms with Crippen molar-refractivity contribution in [1.82, 2.24) is 4.90 Å². The van der Waals surface area contributed by atoms with Crippen LogP contribution in [0, 0.1) is 0 Å². The third-order valence-corrected chi connectivity index (χ3v) is 4.47. The molecule has 1 fully saturated rings. The molecule has 0 bridgehead atoms. The summed E-state index contributed by atoms with van der Waals surface area (Å²) in [6.07, 6.45) is 4.43. The second kappa shape index (κ2) is 9.04. The molecule has 2 aromatic carbocycles. The Kier molecular flexibility index (Phi) is 6.25. The minimum atomic E-state index is -0.256. The maximum atomic E-state index is 12.5. The number of para-hydroxylation sites is 2. The van der Waals surface area contributed by atoms with Crippen molar-refractivity contribution in [1.29, 1.82) is 0 Å². The second-order valence-corrected chi connectivity index (χ2v) is 6.40. The van der Waals surface area contributed by atoms with Crippen molar-refractivity contribution >= 4 is 17.5 Å². The van der Waals surface area contributed by atoms with E-state index in [2.05, 4.69) is 5.32 Å². The van der Waals surface area contributed by atoms with Gasteiger partial charge in [0.05, 0.1) is 5.56 Å². The summed E-state index contributed by atoms with van der Waals surface area (Å²) >= 11 is 0. The largest absolute Gasteiger partial charge is 0.483 e. The Labute approximate surface area is 154 Å². The van der Waals surface area contributed by atoms with Gasteiger partial charge >= 0.3 is 0 Å². The highest BCUT2D eigenvalue weighted by atomic mass is 16.5. The maximum absolute atomic E-state index is 12.5. The zero-order valence-electron chi connectivity index (χ0n) is 14.8. The normalized spacial score (nSPS) is 14.4. The first-order valence-electron chi connectivity index (χ1n) is 9.10. The van der Waals surface area contributed by atoms with E-state index >= 15 is 0 Å². The zero-order valence-corrected chi connectivity index (χ0v) is 14.8. The van der Waals surface area contributed by atoms with Crippen LogP contribution in [0.2, 0.25) is 0 Å². The molecule has 2 aromatic rings. The lowest BCUT2D eigenvalue weighted by atomic mass is 10.2. The van der Waals surface area contributed by atoms with Gasteiger partial charge in [0.25, 0.3) is 11.8 Å². The molecule has 3 rings (SSSR count). The molecular weight excluding hydrogens is 328 g/mol. The first kappa shape index (κ1) is 18.0. The lowest BCUT2D eigenvalue weighted by molar-refractivity contribution is -0.133. The molecule has 1 saturated heterocycles. The number of carbonyl (C=O) groups is 2. The number of ether oxygens (including phenoxy) is 1. The maximum Gasteiger partial charge on any atom is 0.260 e. The SMILES string of the molecule is O=C(Nc1ccccc1)c1ccccc1OCC(=O)N1CCCCCC1. The van der Waals surface area contributed by atoms with Crippen molar-refractivity contribution in [3.8, 4) is 5.75 Å². The van der Waals surface area contributed by atoms with E-state index in [1.807, 2.05) is 35.2 Å². The van der Waals surface area contributed by atoms with Crippen LogP contribution in [0.1, 0.15) is 36.0 Å². The van der Waals surface area contributed by atoms with Crippen molar-refractivity contribution < 1.29 is 14.3 Å². The van der Waals surface area contributed by atoms with E-state index in [0.717, 1.165) is 25.9 Å². The number of hydrogen-bond acceptors (Lipinski definition) is 3. The molecule has 0 atom stereocenters. The fourth-order valence-corrected chi connectivity index (χ4v) is 3.05. The summed E-state index contributed by atoms with van der Waals surface area (Å²) in [5.74, 6) is 0.142. The van der Waals surface area contributed by atoms with Crippen LogP contribution < -0.4 is 10.1 Å². The van der Waals surface area contributed by atoms with Gasteiger partial charge in [-0.05, 0) is 37.1 Å². The van der Waals surface area contributed by atoms with E-state index in [1.54, 1.807) is 24.3 Å².